The quantitative estimate of drug-likeness (QED) is 0.0863. The second kappa shape index (κ2) is 20.1. The molecule has 2 heterocycles. The summed E-state index contributed by atoms with van der Waals surface area (Å²) in [5.41, 5.74) is 0.810. The van der Waals surface area contributed by atoms with E-state index in [1.165, 1.54) is 62.8 Å². The highest BCUT2D eigenvalue weighted by molar-refractivity contribution is 5.88. The van der Waals surface area contributed by atoms with Crippen LogP contribution < -0.4 is 9.47 Å². The Balaban J connectivity index is 1.69. The van der Waals surface area contributed by atoms with Crippen molar-refractivity contribution in [2.24, 2.45) is 0 Å². The maximum Gasteiger partial charge on any atom is 0.331 e. The van der Waals surface area contributed by atoms with Gasteiger partial charge in [0.2, 0.25) is 12.1 Å². The summed E-state index contributed by atoms with van der Waals surface area (Å²) in [5, 5.41) is 53.2. The van der Waals surface area contributed by atoms with Crippen molar-refractivity contribution in [3.05, 3.63) is 59.7 Å². The predicted molar refractivity (Wildman–Crippen MR) is 192 cm³/mol. The summed E-state index contributed by atoms with van der Waals surface area (Å²) in [6, 6.07) is 8.43. The van der Waals surface area contributed by atoms with E-state index in [1.54, 1.807) is 0 Å². The van der Waals surface area contributed by atoms with Gasteiger partial charge in [0, 0.05) is 32.9 Å². The minimum atomic E-state index is -2.59. The molecule has 0 bridgehead atoms. The number of benzene rings is 2. The molecule has 2 aliphatic rings. The summed E-state index contributed by atoms with van der Waals surface area (Å²) in [7, 11) is 2.66. The van der Waals surface area contributed by atoms with Gasteiger partial charge in [0.25, 0.3) is 0 Å². The van der Waals surface area contributed by atoms with Crippen LogP contribution in [0.25, 0.3) is 12.2 Å². The number of esters is 5. The van der Waals surface area contributed by atoms with E-state index in [1.807, 2.05) is 0 Å². The van der Waals surface area contributed by atoms with E-state index in [9.17, 15) is 49.5 Å². The number of ether oxygens (including phenoxy) is 10. The first-order valence-corrected chi connectivity index (χ1v) is 17.4. The van der Waals surface area contributed by atoms with Crippen LogP contribution in [0.15, 0.2) is 48.6 Å². The summed E-state index contributed by atoms with van der Waals surface area (Å²) >= 11 is 0. The molecule has 0 unspecified atom stereocenters. The molecule has 5 N–H and O–H groups in total. The van der Waals surface area contributed by atoms with Gasteiger partial charge in [-0.1, -0.05) is 12.1 Å². The fraction of sp³-hybridized carbons (Fsp3) is 0.447. The molecule has 0 aliphatic carbocycles. The number of methoxy groups -OCH3 is 2. The third kappa shape index (κ3) is 11.6. The van der Waals surface area contributed by atoms with E-state index in [4.69, 9.17) is 47.4 Å². The number of aliphatic hydroxyl groups excluding tert-OH is 3. The van der Waals surface area contributed by atoms with E-state index in [-0.39, 0.29) is 23.0 Å². The molecule has 2 aliphatic heterocycles. The third-order valence-corrected chi connectivity index (χ3v) is 8.53. The zero-order valence-electron chi connectivity index (χ0n) is 31.9. The number of hydrogen-bond donors (Lipinski definition) is 5. The number of aromatic hydroxyl groups is 2. The Morgan fingerprint density at radius 2 is 1.24 bits per heavy atom. The average molecular weight is 821 g/mol. The summed E-state index contributed by atoms with van der Waals surface area (Å²) < 4.78 is 54.4. The Hall–Kier alpha value is -5.77. The van der Waals surface area contributed by atoms with Crippen LogP contribution in [0.4, 0.5) is 0 Å². The van der Waals surface area contributed by atoms with Gasteiger partial charge in [-0.2, -0.15) is 0 Å². The van der Waals surface area contributed by atoms with Crippen molar-refractivity contribution in [3.8, 4) is 23.0 Å². The van der Waals surface area contributed by atoms with Crippen LogP contribution in [0.3, 0.4) is 0 Å². The van der Waals surface area contributed by atoms with Crippen LogP contribution in [-0.4, -0.2) is 144 Å². The molecule has 20 heteroatoms. The van der Waals surface area contributed by atoms with E-state index < -0.39 is 104 Å². The van der Waals surface area contributed by atoms with Crippen LogP contribution in [0.1, 0.15) is 31.9 Å². The number of phenolic OH excluding ortho intramolecular Hbond substituents is 2. The maximum absolute atomic E-state index is 13.4. The largest absolute Gasteiger partial charge is 0.504 e. The fourth-order valence-corrected chi connectivity index (χ4v) is 5.74. The van der Waals surface area contributed by atoms with Gasteiger partial charge in [0.05, 0.1) is 14.2 Å². The fourth-order valence-electron chi connectivity index (χ4n) is 5.74. The molecule has 4 rings (SSSR count). The lowest BCUT2D eigenvalue weighted by atomic mass is 9.98. The van der Waals surface area contributed by atoms with Gasteiger partial charge in [-0.15, -0.1) is 0 Å². The van der Waals surface area contributed by atoms with E-state index in [2.05, 4.69) is 0 Å². The van der Waals surface area contributed by atoms with Gasteiger partial charge in [-0.25, -0.2) is 9.59 Å². The molecule has 58 heavy (non-hydrogen) atoms. The monoisotopic (exact) mass is 820 g/mol. The van der Waals surface area contributed by atoms with Gasteiger partial charge >= 0.3 is 29.8 Å². The minimum Gasteiger partial charge on any atom is -0.504 e. The molecular formula is C38H44O20. The Morgan fingerprint density at radius 3 is 1.78 bits per heavy atom. The van der Waals surface area contributed by atoms with Crippen molar-refractivity contribution in [1.29, 1.82) is 0 Å². The van der Waals surface area contributed by atoms with Crippen molar-refractivity contribution in [1.82, 2.24) is 0 Å². The van der Waals surface area contributed by atoms with Crippen molar-refractivity contribution < 1.29 is 96.9 Å². The molecule has 20 nitrogen and oxygen atoms in total. The Bertz CT molecular complexity index is 1860. The first-order valence-electron chi connectivity index (χ1n) is 17.4. The average Bonchev–Trinajstić information content (AvgIpc) is 3.43. The number of phenols is 2. The summed E-state index contributed by atoms with van der Waals surface area (Å²) in [4.78, 5) is 62.0. The molecule has 0 radical (unpaired) electrons. The van der Waals surface area contributed by atoms with Gasteiger partial charge in [-0.3, -0.25) is 14.4 Å². The molecule has 2 aromatic carbocycles. The highest BCUT2D eigenvalue weighted by Gasteiger charge is 2.62. The topological polar surface area (TPSA) is 279 Å². The first-order chi connectivity index (χ1) is 27.5. The summed E-state index contributed by atoms with van der Waals surface area (Å²) in [6.45, 7) is 0.724. The number of carbonyl (C=O) groups is 5. The zero-order chi connectivity index (χ0) is 42.7. The summed E-state index contributed by atoms with van der Waals surface area (Å²) in [5.74, 6) is -7.42. The summed E-state index contributed by atoms with van der Waals surface area (Å²) in [6.07, 6.45) is -10.1. The molecule has 0 aromatic heterocycles. The molecule has 0 amide bonds. The van der Waals surface area contributed by atoms with Gasteiger partial charge in [-0.05, 0) is 47.5 Å². The van der Waals surface area contributed by atoms with Gasteiger partial charge in [0.15, 0.2) is 35.2 Å². The predicted octanol–water partition coefficient (Wildman–Crippen LogP) is 0.274. The van der Waals surface area contributed by atoms with Gasteiger partial charge in [0.1, 0.15) is 50.3 Å². The number of hydrogen-bond acceptors (Lipinski definition) is 20. The second-order valence-electron chi connectivity index (χ2n) is 12.8. The zero-order valence-corrected chi connectivity index (χ0v) is 31.9. The highest BCUT2D eigenvalue weighted by Crippen LogP contribution is 2.40. The van der Waals surface area contributed by atoms with Crippen LogP contribution >= 0.6 is 0 Å². The lowest BCUT2D eigenvalue weighted by Gasteiger charge is -2.44. The Morgan fingerprint density at radius 1 is 0.690 bits per heavy atom. The van der Waals surface area contributed by atoms with Crippen LogP contribution in [-0.2, 0) is 61.9 Å². The lowest BCUT2D eigenvalue weighted by Crippen LogP contribution is -2.64. The number of aliphatic hydroxyl groups is 3. The van der Waals surface area contributed by atoms with Gasteiger partial charge < -0.3 is 72.9 Å². The van der Waals surface area contributed by atoms with Crippen molar-refractivity contribution in [2.45, 2.75) is 75.6 Å². The Labute approximate surface area is 331 Å². The van der Waals surface area contributed by atoms with Crippen LogP contribution in [0.5, 0.6) is 23.0 Å². The molecule has 2 aromatic rings. The molecular weight excluding hydrogens is 776 g/mol. The second-order valence-corrected chi connectivity index (χ2v) is 12.8. The van der Waals surface area contributed by atoms with Crippen molar-refractivity contribution >= 4 is 42.0 Å². The van der Waals surface area contributed by atoms with E-state index >= 15 is 0 Å². The molecule has 9 atom stereocenters. The number of carbonyl (C=O) groups excluding carboxylic acids is 5. The molecule has 2 saturated heterocycles. The highest BCUT2D eigenvalue weighted by atomic mass is 16.8. The Kier molecular flexibility index (Phi) is 15.6. The molecule has 0 saturated carbocycles. The minimum absolute atomic E-state index is 0.0908. The van der Waals surface area contributed by atoms with Crippen LogP contribution in [0, 0.1) is 0 Å². The molecule has 2 fully saturated rings. The normalized spacial score (nSPS) is 26.8. The van der Waals surface area contributed by atoms with Crippen LogP contribution in [0.2, 0.25) is 0 Å². The number of rotatable bonds is 16. The third-order valence-electron chi connectivity index (χ3n) is 8.53. The smallest absolute Gasteiger partial charge is 0.331 e. The molecule has 316 valence electrons. The van der Waals surface area contributed by atoms with E-state index in [0.717, 1.165) is 32.9 Å². The van der Waals surface area contributed by atoms with Crippen molar-refractivity contribution in [2.75, 3.05) is 34.0 Å². The van der Waals surface area contributed by atoms with Crippen molar-refractivity contribution in [3.63, 3.8) is 0 Å². The lowest BCUT2D eigenvalue weighted by molar-refractivity contribution is -0.384. The standard InChI is InChI=1S/C38H44O20/c1-19(39)51-16-28-32(46)34(48)35(54-21(3)41)37(55-28)58-38(18-53-20(2)40)36(56-31(45)13-9-23-7-11-25(43)27(15-23)50-5)33(47)29(57-38)17-52-30(44)12-8-22-6-10-24(42)26(14-22)49-4/h6-15,28-29,32-37,42-43,46-48H,16-18H2,1-5H3/b12-8+,13-9+/t28-,29-,32-,33-,34+,35-,36+,37-,38+/m1/s1. The first kappa shape index (κ1) is 44.9. The maximum atomic E-state index is 13.4. The SMILES string of the molecule is COc1cc(/C=C/C(=O)OC[C@H]2O[C@@](COC(C)=O)(O[C@H]3O[C@H](COC(C)=O)[C@@H](O)[C@H](O)[C@H]3OC(C)=O)[C@@H](OC(=O)/C=C/c3ccc(O)c(OC)c3)[C@@H]2O)ccc1O. The van der Waals surface area contributed by atoms with E-state index in [0.29, 0.717) is 11.1 Å². The molecule has 0 spiro atoms.